The number of benzene rings is 1. The first-order chi connectivity index (χ1) is 9.36. The number of carbonyl (C=O) groups excluding carboxylic acids is 2. The van der Waals surface area contributed by atoms with Crippen molar-refractivity contribution in [1.29, 1.82) is 0 Å². The van der Waals surface area contributed by atoms with Gasteiger partial charge >= 0.3 is 0 Å². The number of halogens is 1. The summed E-state index contributed by atoms with van der Waals surface area (Å²) in [5.74, 6) is -1.59. The van der Waals surface area contributed by atoms with E-state index in [2.05, 4.69) is 5.32 Å². The van der Waals surface area contributed by atoms with Gasteiger partial charge in [0.25, 0.3) is 5.91 Å². The number of rotatable bonds is 6. The Kier molecular flexibility index (Phi) is 5.31. The average Bonchev–Trinajstić information content (AvgIpc) is 2.35. The molecule has 0 spiro atoms. The van der Waals surface area contributed by atoms with Crippen molar-refractivity contribution in [3.63, 3.8) is 0 Å². The Morgan fingerprint density at radius 2 is 2.05 bits per heavy atom. The third kappa shape index (κ3) is 3.84. The van der Waals surface area contributed by atoms with E-state index in [1.807, 2.05) is 6.92 Å². The number of amides is 2. The Labute approximate surface area is 116 Å². The largest absolute Gasteiger partial charge is 0.398 e. The number of nitrogens with two attached hydrogens (primary N) is 2. The van der Waals surface area contributed by atoms with Gasteiger partial charge in [0.15, 0.2) is 0 Å². The second-order valence-electron chi connectivity index (χ2n) is 4.46. The molecule has 7 heteroatoms. The molecule has 0 saturated heterocycles. The summed E-state index contributed by atoms with van der Waals surface area (Å²) in [7, 11) is 1.55. The Balaban J connectivity index is 2.92. The lowest BCUT2D eigenvalue weighted by Gasteiger charge is -2.20. The number of nitrogens with one attached hydrogen (secondary N) is 1. The first-order valence-corrected chi connectivity index (χ1v) is 6.23. The van der Waals surface area contributed by atoms with Crippen LogP contribution in [0.5, 0.6) is 0 Å². The minimum absolute atomic E-state index is 0.0254. The summed E-state index contributed by atoms with van der Waals surface area (Å²) in [4.78, 5) is 24.2. The molecule has 0 aromatic heterocycles. The molecule has 2 amide bonds. The number of anilines is 2. The summed E-state index contributed by atoms with van der Waals surface area (Å²) < 4.78 is 13.8. The smallest absolute Gasteiger partial charge is 0.250 e. The number of likely N-dealkylation sites (N-methyl/N-ethyl adjacent to an activating group) is 1. The molecule has 0 atom stereocenters. The first-order valence-electron chi connectivity index (χ1n) is 6.23. The summed E-state index contributed by atoms with van der Waals surface area (Å²) >= 11 is 0. The van der Waals surface area contributed by atoms with Crippen molar-refractivity contribution in [2.75, 3.05) is 30.8 Å². The van der Waals surface area contributed by atoms with Gasteiger partial charge in [-0.15, -0.1) is 0 Å². The standard InChI is InChI=1S/C13H19FN4O2/c1-3-4-17-12(19)7-18(2)11-5-8(13(16)20)10(15)6-9(11)14/h5-6H,3-4,7,15H2,1-2H3,(H2,16,20)(H,17,19). The molecule has 6 nitrogen and oxygen atoms in total. The fourth-order valence-electron chi connectivity index (χ4n) is 1.70. The molecule has 110 valence electrons. The maximum atomic E-state index is 13.8. The fraction of sp³-hybridized carbons (Fsp3) is 0.385. The van der Waals surface area contributed by atoms with Gasteiger partial charge in [-0.2, -0.15) is 0 Å². The zero-order chi connectivity index (χ0) is 15.3. The monoisotopic (exact) mass is 282 g/mol. The van der Waals surface area contributed by atoms with Crippen molar-refractivity contribution in [1.82, 2.24) is 5.32 Å². The number of carbonyl (C=O) groups is 2. The number of nitrogens with zero attached hydrogens (tertiary/aromatic N) is 1. The second kappa shape index (κ2) is 6.74. The lowest BCUT2D eigenvalue weighted by Crippen LogP contribution is -2.36. The van der Waals surface area contributed by atoms with Crippen LogP contribution in [0.25, 0.3) is 0 Å². The summed E-state index contributed by atoms with van der Waals surface area (Å²) in [6.07, 6.45) is 0.817. The Morgan fingerprint density at radius 3 is 2.60 bits per heavy atom. The molecule has 0 saturated carbocycles. The van der Waals surface area contributed by atoms with E-state index in [0.717, 1.165) is 12.5 Å². The van der Waals surface area contributed by atoms with Crippen molar-refractivity contribution in [2.24, 2.45) is 5.73 Å². The quantitative estimate of drug-likeness (QED) is 0.660. The molecule has 0 aliphatic heterocycles. The Hall–Kier alpha value is -2.31. The fourth-order valence-corrected chi connectivity index (χ4v) is 1.70. The van der Waals surface area contributed by atoms with Crippen molar-refractivity contribution in [2.45, 2.75) is 13.3 Å². The Bertz CT molecular complexity index is 519. The minimum atomic E-state index is -0.743. The van der Waals surface area contributed by atoms with Gasteiger partial charge < -0.3 is 21.7 Å². The third-order valence-electron chi connectivity index (χ3n) is 2.75. The highest BCUT2D eigenvalue weighted by atomic mass is 19.1. The molecule has 0 aliphatic carbocycles. The van der Waals surface area contributed by atoms with Crippen LogP contribution >= 0.6 is 0 Å². The van der Waals surface area contributed by atoms with Crippen LogP contribution in [0.4, 0.5) is 15.8 Å². The van der Waals surface area contributed by atoms with E-state index in [1.165, 1.54) is 11.0 Å². The number of hydrogen-bond acceptors (Lipinski definition) is 4. The normalized spacial score (nSPS) is 10.2. The minimum Gasteiger partial charge on any atom is -0.398 e. The summed E-state index contributed by atoms with van der Waals surface area (Å²) in [6.45, 7) is 2.46. The van der Waals surface area contributed by atoms with Crippen molar-refractivity contribution in [3.8, 4) is 0 Å². The molecule has 1 rings (SSSR count). The van der Waals surface area contributed by atoms with Gasteiger partial charge in [-0.25, -0.2) is 4.39 Å². The van der Waals surface area contributed by atoms with Crippen molar-refractivity contribution in [3.05, 3.63) is 23.5 Å². The second-order valence-corrected chi connectivity index (χ2v) is 4.46. The van der Waals surface area contributed by atoms with Gasteiger partial charge in [0.2, 0.25) is 5.91 Å². The molecule has 0 unspecified atom stereocenters. The summed E-state index contributed by atoms with van der Waals surface area (Å²) in [5, 5.41) is 2.68. The molecule has 20 heavy (non-hydrogen) atoms. The van der Waals surface area contributed by atoms with Gasteiger partial charge in [-0.05, 0) is 18.6 Å². The molecule has 0 heterocycles. The zero-order valence-corrected chi connectivity index (χ0v) is 11.6. The topological polar surface area (TPSA) is 101 Å². The molecule has 1 aromatic rings. The molecule has 0 aliphatic rings. The average molecular weight is 282 g/mol. The van der Waals surface area contributed by atoms with Crippen molar-refractivity contribution < 1.29 is 14.0 Å². The molecule has 0 radical (unpaired) electrons. The van der Waals surface area contributed by atoms with Crippen LogP contribution in [0.2, 0.25) is 0 Å². The van der Waals surface area contributed by atoms with Gasteiger partial charge in [0.05, 0.1) is 17.8 Å². The zero-order valence-electron chi connectivity index (χ0n) is 11.6. The van der Waals surface area contributed by atoms with Gasteiger partial charge in [-0.3, -0.25) is 9.59 Å². The maximum absolute atomic E-state index is 13.8. The highest BCUT2D eigenvalue weighted by Gasteiger charge is 2.16. The molecule has 1 aromatic carbocycles. The van der Waals surface area contributed by atoms with E-state index in [4.69, 9.17) is 11.5 Å². The number of nitrogen functional groups attached to an aromatic ring is 1. The molecular formula is C13H19FN4O2. The van der Waals surface area contributed by atoms with Gasteiger partial charge in [0, 0.05) is 19.3 Å². The lowest BCUT2D eigenvalue weighted by molar-refractivity contribution is -0.119. The van der Waals surface area contributed by atoms with Crippen LogP contribution in [0.15, 0.2) is 12.1 Å². The van der Waals surface area contributed by atoms with Crippen LogP contribution in [0.1, 0.15) is 23.7 Å². The first kappa shape index (κ1) is 15.7. The van der Waals surface area contributed by atoms with E-state index in [9.17, 15) is 14.0 Å². The van der Waals surface area contributed by atoms with Crippen LogP contribution < -0.4 is 21.7 Å². The van der Waals surface area contributed by atoms with E-state index < -0.39 is 11.7 Å². The Morgan fingerprint density at radius 1 is 1.40 bits per heavy atom. The lowest BCUT2D eigenvalue weighted by atomic mass is 10.1. The van der Waals surface area contributed by atoms with Gasteiger partial charge in [-0.1, -0.05) is 6.92 Å². The predicted octanol–water partition coefficient (Wildman–Crippen LogP) is 0.469. The molecular weight excluding hydrogens is 263 g/mol. The highest BCUT2D eigenvalue weighted by molar-refractivity contribution is 5.99. The van der Waals surface area contributed by atoms with Crippen LogP contribution in [-0.4, -0.2) is 32.0 Å². The van der Waals surface area contributed by atoms with E-state index in [1.54, 1.807) is 7.05 Å². The number of hydrogen-bond donors (Lipinski definition) is 3. The molecule has 0 bridgehead atoms. The summed E-state index contributed by atoms with van der Waals surface area (Å²) in [6, 6.07) is 2.27. The van der Waals surface area contributed by atoms with E-state index in [-0.39, 0.29) is 29.4 Å². The third-order valence-corrected chi connectivity index (χ3v) is 2.75. The predicted molar refractivity (Wildman–Crippen MR) is 75.9 cm³/mol. The van der Waals surface area contributed by atoms with E-state index in [0.29, 0.717) is 6.54 Å². The highest BCUT2D eigenvalue weighted by Crippen LogP contribution is 2.24. The van der Waals surface area contributed by atoms with Crippen LogP contribution in [0, 0.1) is 5.82 Å². The molecule has 0 fully saturated rings. The number of primary amides is 1. The molecule has 5 N–H and O–H groups in total. The SMILES string of the molecule is CCCNC(=O)CN(C)c1cc(C(N)=O)c(N)cc1F. The van der Waals surface area contributed by atoms with Crippen LogP contribution in [0.3, 0.4) is 0 Å². The van der Waals surface area contributed by atoms with Crippen molar-refractivity contribution >= 4 is 23.2 Å². The van der Waals surface area contributed by atoms with E-state index >= 15 is 0 Å². The van der Waals surface area contributed by atoms with Crippen LogP contribution in [-0.2, 0) is 4.79 Å². The van der Waals surface area contributed by atoms with Gasteiger partial charge in [0.1, 0.15) is 5.82 Å². The maximum Gasteiger partial charge on any atom is 0.250 e. The summed E-state index contributed by atoms with van der Waals surface area (Å²) in [5.41, 5.74) is 10.8.